The van der Waals surface area contributed by atoms with Crippen molar-refractivity contribution in [3.8, 4) is 0 Å². The Morgan fingerprint density at radius 1 is 1.42 bits per heavy atom. The lowest BCUT2D eigenvalue weighted by molar-refractivity contribution is -0.122. The van der Waals surface area contributed by atoms with E-state index >= 15 is 0 Å². The summed E-state index contributed by atoms with van der Waals surface area (Å²) in [5.74, 6) is 0.116. The van der Waals surface area contributed by atoms with Gasteiger partial charge in [-0.1, -0.05) is 6.92 Å². The zero-order valence-electron chi connectivity index (χ0n) is 12.6. The molecule has 0 saturated carbocycles. The number of methoxy groups -OCH3 is 1. The van der Waals surface area contributed by atoms with Crippen molar-refractivity contribution in [2.45, 2.75) is 26.2 Å². The fourth-order valence-corrected chi connectivity index (χ4v) is 2.68. The van der Waals surface area contributed by atoms with E-state index in [1.54, 1.807) is 7.11 Å². The number of hydrogen-bond donors (Lipinski definition) is 2. The molecule has 1 aliphatic rings. The molecule has 1 aliphatic heterocycles. The van der Waals surface area contributed by atoms with Gasteiger partial charge in [-0.15, -0.1) is 0 Å². The maximum Gasteiger partial charge on any atom is 0.234 e. The highest BCUT2D eigenvalue weighted by atomic mass is 16.5. The number of carbonyl (C=O) groups excluding carboxylic acids is 1. The third-order valence-corrected chi connectivity index (χ3v) is 3.79. The van der Waals surface area contributed by atoms with Gasteiger partial charge in [-0.05, 0) is 45.9 Å². The van der Waals surface area contributed by atoms with Crippen LogP contribution in [0.25, 0.3) is 0 Å². The second kappa shape index (κ2) is 8.51. The average molecular weight is 271 g/mol. The number of piperidine rings is 1. The summed E-state index contributed by atoms with van der Waals surface area (Å²) in [6, 6.07) is 0. The molecule has 5 heteroatoms. The predicted octanol–water partition coefficient (Wildman–Crippen LogP) is 0.461. The van der Waals surface area contributed by atoms with E-state index in [4.69, 9.17) is 4.74 Å². The molecule has 0 bridgehead atoms. The molecule has 0 radical (unpaired) electrons. The number of hydrogen-bond acceptors (Lipinski definition) is 4. The number of amides is 1. The van der Waals surface area contributed by atoms with E-state index in [2.05, 4.69) is 22.5 Å². The van der Waals surface area contributed by atoms with Gasteiger partial charge in [-0.3, -0.25) is 9.69 Å². The Bertz CT molecular complexity index is 260. The molecule has 1 heterocycles. The van der Waals surface area contributed by atoms with E-state index in [0.29, 0.717) is 6.54 Å². The second-order valence-corrected chi connectivity index (χ2v) is 5.70. The van der Waals surface area contributed by atoms with Crippen molar-refractivity contribution in [3.05, 3.63) is 0 Å². The van der Waals surface area contributed by atoms with Crippen molar-refractivity contribution in [2.24, 2.45) is 5.41 Å². The molecular formula is C14H29N3O2. The highest BCUT2D eigenvalue weighted by Crippen LogP contribution is 2.28. The maximum atomic E-state index is 11.9. The fraction of sp³-hybridized carbons (Fsp3) is 0.929. The molecule has 0 aromatic rings. The summed E-state index contributed by atoms with van der Waals surface area (Å²) in [5.41, 5.74) is 0.110. The lowest BCUT2D eigenvalue weighted by Gasteiger charge is -2.37. The zero-order valence-corrected chi connectivity index (χ0v) is 12.6. The Morgan fingerprint density at radius 3 is 2.68 bits per heavy atom. The van der Waals surface area contributed by atoms with Crippen LogP contribution in [0.15, 0.2) is 0 Å². The first-order valence-electron chi connectivity index (χ1n) is 7.27. The molecule has 5 nitrogen and oxygen atoms in total. The van der Waals surface area contributed by atoms with Gasteiger partial charge in [0.05, 0.1) is 13.2 Å². The molecule has 2 N–H and O–H groups in total. The zero-order chi connectivity index (χ0) is 14.1. The summed E-state index contributed by atoms with van der Waals surface area (Å²) < 4.78 is 5.35. The molecule has 19 heavy (non-hydrogen) atoms. The molecule has 112 valence electrons. The Kier molecular flexibility index (Phi) is 7.34. The third-order valence-electron chi connectivity index (χ3n) is 3.79. The van der Waals surface area contributed by atoms with Gasteiger partial charge in [-0.2, -0.15) is 0 Å². The Morgan fingerprint density at radius 2 is 2.11 bits per heavy atom. The molecular weight excluding hydrogens is 242 g/mol. The smallest absolute Gasteiger partial charge is 0.234 e. The van der Waals surface area contributed by atoms with E-state index in [1.807, 2.05) is 7.05 Å². The minimum atomic E-state index is 0.110. The van der Waals surface area contributed by atoms with Gasteiger partial charge in [0, 0.05) is 19.1 Å². The highest BCUT2D eigenvalue weighted by molar-refractivity contribution is 5.78. The van der Waals surface area contributed by atoms with Gasteiger partial charge in [0.25, 0.3) is 0 Å². The van der Waals surface area contributed by atoms with Crippen LogP contribution < -0.4 is 10.6 Å². The molecule has 0 aromatic carbocycles. The van der Waals surface area contributed by atoms with Crippen LogP contribution in [-0.4, -0.2) is 64.3 Å². The molecule has 1 amide bonds. The van der Waals surface area contributed by atoms with E-state index in [-0.39, 0.29) is 11.3 Å². The van der Waals surface area contributed by atoms with Gasteiger partial charge in [0.15, 0.2) is 0 Å². The Labute approximate surface area is 117 Å². The minimum absolute atomic E-state index is 0.110. The average Bonchev–Trinajstić information content (AvgIpc) is 2.38. The van der Waals surface area contributed by atoms with Crippen LogP contribution in [0.4, 0.5) is 0 Å². The maximum absolute atomic E-state index is 11.9. The van der Waals surface area contributed by atoms with Crippen molar-refractivity contribution in [2.75, 3.05) is 53.5 Å². The van der Waals surface area contributed by atoms with E-state index < -0.39 is 0 Å². The van der Waals surface area contributed by atoms with E-state index in [9.17, 15) is 4.79 Å². The number of nitrogens with one attached hydrogen (secondary N) is 2. The Hall–Kier alpha value is -0.650. The lowest BCUT2D eigenvalue weighted by Crippen LogP contribution is -2.48. The van der Waals surface area contributed by atoms with Crippen molar-refractivity contribution in [3.63, 3.8) is 0 Å². The summed E-state index contributed by atoms with van der Waals surface area (Å²) in [5, 5.41) is 6.44. The quantitative estimate of drug-likeness (QED) is 0.673. The predicted molar refractivity (Wildman–Crippen MR) is 77.2 cm³/mol. The van der Waals surface area contributed by atoms with Crippen LogP contribution in [0.5, 0.6) is 0 Å². The number of ether oxygens (including phenoxy) is 1. The molecule has 0 spiro atoms. The molecule has 1 rings (SSSR count). The molecule has 0 aromatic heterocycles. The van der Waals surface area contributed by atoms with Gasteiger partial charge in [-0.25, -0.2) is 0 Å². The minimum Gasteiger partial charge on any atom is -0.384 e. The van der Waals surface area contributed by atoms with Crippen molar-refractivity contribution < 1.29 is 9.53 Å². The summed E-state index contributed by atoms with van der Waals surface area (Å²) in [6.07, 6.45) is 3.20. The summed E-state index contributed by atoms with van der Waals surface area (Å²) in [4.78, 5) is 14.0. The number of rotatable bonds is 8. The standard InChI is InChI=1S/C14H29N3O2/c1-4-9-17(2)10-13(18)16-11-14(12-19-3)5-7-15-8-6-14/h15H,4-12H2,1-3H3,(H,16,18). The van der Waals surface area contributed by atoms with E-state index in [1.165, 1.54) is 0 Å². The van der Waals surface area contributed by atoms with Crippen LogP contribution >= 0.6 is 0 Å². The molecule has 0 atom stereocenters. The van der Waals surface area contributed by atoms with Crippen LogP contribution in [0.3, 0.4) is 0 Å². The second-order valence-electron chi connectivity index (χ2n) is 5.70. The van der Waals surface area contributed by atoms with Gasteiger partial charge < -0.3 is 15.4 Å². The molecule has 1 saturated heterocycles. The molecule has 0 unspecified atom stereocenters. The summed E-state index contributed by atoms with van der Waals surface area (Å²) in [7, 11) is 3.72. The first-order valence-corrected chi connectivity index (χ1v) is 7.27. The fourth-order valence-electron chi connectivity index (χ4n) is 2.68. The van der Waals surface area contributed by atoms with Crippen LogP contribution in [0.2, 0.25) is 0 Å². The van der Waals surface area contributed by atoms with Crippen molar-refractivity contribution in [1.82, 2.24) is 15.5 Å². The largest absolute Gasteiger partial charge is 0.384 e. The van der Waals surface area contributed by atoms with Gasteiger partial charge in [0.2, 0.25) is 5.91 Å². The highest BCUT2D eigenvalue weighted by Gasteiger charge is 2.32. The van der Waals surface area contributed by atoms with Crippen molar-refractivity contribution in [1.29, 1.82) is 0 Å². The van der Waals surface area contributed by atoms with Crippen molar-refractivity contribution >= 4 is 5.91 Å². The summed E-state index contributed by atoms with van der Waals surface area (Å²) in [6.45, 7) is 7.03. The van der Waals surface area contributed by atoms with Gasteiger partial charge >= 0.3 is 0 Å². The third kappa shape index (κ3) is 5.89. The normalized spacial score (nSPS) is 18.5. The van der Waals surface area contributed by atoms with Crippen LogP contribution in [0.1, 0.15) is 26.2 Å². The number of nitrogens with zero attached hydrogens (tertiary/aromatic N) is 1. The van der Waals surface area contributed by atoms with Crippen LogP contribution in [-0.2, 0) is 9.53 Å². The SMILES string of the molecule is CCCN(C)CC(=O)NCC1(COC)CCNCC1. The number of carbonyl (C=O) groups is 1. The molecule has 0 aliphatic carbocycles. The first-order chi connectivity index (χ1) is 9.12. The topological polar surface area (TPSA) is 53.6 Å². The van der Waals surface area contributed by atoms with E-state index in [0.717, 1.165) is 52.0 Å². The van der Waals surface area contributed by atoms with Gasteiger partial charge in [0.1, 0.15) is 0 Å². The Balaban J connectivity index is 2.36. The number of likely N-dealkylation sites (N-methyl/N-ethyl adjacent to an activating group) is 1. The van der Waals surface area contributed by atoms with Crippen LogP contribution in [0, 0.1) is 5.41 Å². The summed E-state index contributed by atoms with van der Waals surface area (Å²) >= 11 is 0. The lowest BCUT2D eigenvalue weighted by atomic mass is 9.79. The molecule has 1 fully saturated rings. The monoisotopic (exact) mass is 271 g/mol. The first kappa shape index (κ1) is 16.4.